The van der Waals surface area contributed by atoms with Crippen LogP contribution in [0.25, 0.3) is 0 Å². The van der Waals surface area contributed by atoms with Crippen molar-refractivity contribution in [3.8, 4) is 0 Å². The van der Waals surface area contributed by atoms with E-state index < -0.39 is 0 Å². The first-order chi connectivity index (χ1) is 7.31. The molecule has 0 radical (unpaired) electrons. The maximum absolute atomic E-state index is 3.60. The molecule has 82 valence electrons. The lowest BCUT2D eigenvalue weighted by atomic mass is 9.94. The van der Waals surface area contributed by atoms with Crippen LogP contribution in [0, 0.1) is 6.92 Å². The minimum atomic E-state index is 0.600. The van der Waals surface area contributed by atoms with E-state index in [1.54, 1.807) is 0 Å². The van der Waals surface area contributed by atoms with Crippen molar-refractivity contribution in [2.45, 2.75) is 45.6 Å². The van der Waals surface area contributed by atoms with Crippen molar-refractivity contribution in [3.63, 3.8) is 0 Å². The van der Waals surface area contributed by atoms with Gasteiger partial charge in [-0.25, -0.2) is 0 Å². The van der Waals surface area contributed by atoms with E-state index in [-0.39, 0.29) is 0 Å². The van der Waals surface area contributed by atoms with Gasteiger partial charge in [-0.05, 0) is 49.4 Å². The third kappa shape index (κ3) is 2.40. The second-order valence-electron chi connectivity index (χ2n) is 4.54. The lowest BCUT2D eigenvalue weighted by molar-refractivity contribution is 0.412. The Morgan fingerprint density at radius 1 is 1.33 bits per heavy atom. The van der Waals surface area contributed by atoms with Gasteiger partial charge in [0.05, 0.1) is 0 Å². The Hall–Kier alpha value is -0.820. The third-order valence-corrected chi connectivity index (χ3v) is 3.46. The molecule has 1 saturated heterocycles. The molecule has 1 heteroatoms. The second-order valence-corrected chi connectivity index (χ2v) is 4.54. The predicted molar refractivity (Wildman–Crippen MR) is 65.2 cm³/mol. The van der Waals surface area contributed by atoms with Crippen LogP contribution >= 0.6 is 0 Å². The van der Waals surface area contributed by atoms with Crippen molar-refractivity contribution in [1.82, 2.24) is 5.32 Å². The molecule has 0 amide bonds. The number of hydrogen-bond acceptors (Lipinski definition) is 1. The molecule has 15 heavy (non-hydrogen) atoms. The highest BCUT2D eigenvalue weighted by atomic mass is 14.9. The normalized spacial score (nSPS) is 21.6. The van der Waals surface area contributed by atoms with Crippen LogP contribution in [0.5, 0.6) is 0 Å². The van der Waals surface area contributed by atoms with Crippen LogP contribution in [0.3, 0.4) is 0 Å². The molecule has 1 aromatic rings. The molecule has 1 nitrogen and oxygen atoms in total. The zero-order valence-corrected chi connectivity index (χ0v) is 9.84. The molecule has 0 spiro atoms. The number of benzene rings is 1. The van der Waals surface area contributed by atoms with Crippen molar-refractivity contribution in [1.29, 1.82) is 0 Å². The first kappa shape index (κ1) is 10.7. The summed E-state index contributed by atoms with van der Waals surface area (Å²) in [5.41, 5.74) is 4.40. The zero-order chi connectivity index (χ0) is 10.7. The Kier molecular flexibility index (Phi) is 3.42. The Morgan fingerprint density at radius 3 is 2.80 bits per heavy atom. The summed E-state index contributed by atoms with van der Waals surface area (Å²) in [6.07, 6.45) is 5.14. The molecule has 0 aliphatic carbocycles. The van der Waals surface area contributed by atoms with Gasteiger partial charge in [-0.1, -0.05) is 31.5 Å². The number of aryl methyl sites for hydroxylation is 2. The topological polar surface area (TPSA) is 12.0 Å². The number of hydrogen-bond donors (Lipinski definition) is 1. The van der Waals surface area contributed by atoms with E-state index in [4.69, 9.17) is 0 Å². The van der Waals surface area contributed by atoms with E-state index in [1.165, 1.54) is 42.5 Å². The molecule has 1 unspecified atom stereocenters. The van der Waals surface area contributed by atoms with Gasteiger partial charge < -0.3 is 5.32 Å². The minimum Gasteiger partial charge on any atom is -0.310 e. The Bertz CT molecular complexity index is 324. The zero-order valence-electron chi connectivity index (χ0n) is 9.84. The van der Waals surface area contributed by atoms with Crippen LogP contribution in [0.4, 0.5) is 0 Å². The van der Waals surface area contributed by atoms with E-state index in [9.17, 15) is 0 Å². The van der Waals surface area contributed by atoms with E-state index in [1.807, 2.05) is 0 Å². The fourth-order valence-corrected chi connectivity index (χ4v) is 2.47. The summed E-state index contributed by atoms with van der Waals surface area (Å²) in [5, 5.41) is 3.60. The maximum Gasteiger partial charge on any atom is 0.0320 e. The van der Waals surface area contributed by atoms with Gasteiger partial charge in [-0.15, -0.1) is 0 Å². The summed E-state index contributed by atoms with van der Waals surface area (Å²) < 4.78 is 0. The summed E-state index contributed by atoms with van der Waals surface area (Å²) >= 11 is 0. The molecule has 1 fully saturated rings. The quantitative estimate of drug-likeness (QED) is 0.777. The molecule has 1 atom stereocenters. The molecule has 1 N–H and O–H groups in total. The first-order valence-electron chi connectivity index (χ1n) is 6.14. The Labute approximate surface area is 92.9 Å². The fraction of sp³-hybridized carbons (Fsp3) is 0.571. The van der Waals surface area contributed by atoms with Crippen molar-refractivity contribution < 1.29 is 0 Å². The van der Waals surface area contributed by atoms with Gasteiger partial charge in [0, 0.05) is 6.04 Å². The predicted octanol–water partition coefficient (Wildman–Crippen LogP) is 3.37. The van der Waals surface area contributed by atoms with Crippen LogP contribution in [-0.4, -0.2) is 6.54 Å². The lowest BCUT2D eigenvalue weighted by Gasteiger charge is -2.24. The molecule has 0 bridgehead atoms. The van der Waals surface area contributed by atoms with Crippen molar-refractivity contribution in [2.75, 3.05) is 6.54 Å². The van der Waals surface area contributed by atoms with Crippen LogP contribution < -0.4 is 5.32 Å². The molecule has 1 aliphatic heterocycles. The highest BCUT2D eigenvalue weighted by Crippen LogP contribution is 2.24. The lowest BCUT2D eigenvalue weighted by Crippen LogP contribution is -2.26. The maximum atomic E-state index is 3.60. The van der Waals surface area contributed by atoms with Gasteiger partial charge in [-0.3, -0.25) is 0 Å². The molecular formula is C14H21N. The molecule has 1 heterocycles. The average Bonchev–Trinajstić information content (AvgIpc) is 2.30. The smallest absolute Gasteiger partial charge is 0.0320 e. The van der Waals surface area contributed by atoms with Gasteiger partial charge in [0.15, 0.2) is 0 Å². The van der Waals surface area contributed by atoms with Crippen molar-refractivity contribution in [3.05, 3.63) is 34.9 Å². The minimum absolute atomic E-state index is 0.600. The monoisotopic (exact) mass is 203 g/mol. The van der Waals surface area contributed by atoms with Crippen LogP contribution in [-0.2, 0) is 6.42 Å². The van der Waals surface area contributed by atoms with E-state index in [0.29, 0.717) is 6.04 Å². The highest BCUT2D eigenvalue weighted by Gasteiger charge is 2.14. The van der Waals surface area contributed by atoms with Gasteiger partial charge in [0.1, 0.15) is 0 Å². The summed E-state index contributed by atoms with van der Waals surface area (Å²) in [7, 11) is 0. The first-order valence-corrected chi connectivity index (χ1v) is 6.14. The molecule has 2 rings (SSSR count). The SMILES string of the molecule is CCc1ccc(C2CCCCN2)cc1C. The van der Waals surface area contributed by atoms with Gasteiger partial charge in [0.25, 0.3) is 0 Å². The number of piperidine rings is 1. The van der Waals surface area contributed by atoms with E-state index in [0.717, 1.165) is 6.42 Å². The van der Waals surface area contributed by atoms with Crippen LogP contribution in [0.15, 0.2) is 18.2 Å². The van der Waals surface area contributed by atoms with Gasteiger partial charge in [-0.2, -0.15) is 0 Å². The largest absolute Gasteiger partial charge is 0.310 e. The summed E-state index contributed by atoms with van der Waals surface area (Å²) in [6.45, 7) is 5.63. The Balaban J connectivity index is 2.17. The van der Waals surface area contributed by atoms with Gasteiger partial charge >= 0.3 is 0 Å². The fourth-order valence-electron chi connectivity index (χ4n) is 2.47. The summed E-state index contributed by atoms with van der Waals surface area (Å²) in [4.78, 5) is 0. The molecule has 1 aromatic carbocycles. The molecule has 1 aliphatic rings. The van der Waals surface area contributed by atoms with Gasteiger partial charge in [0.2, 0.25) is 0 Å². The number of rotatable bonds is 2. The van der Waals surface area contributed by atoms with Crippen molar-refractivity contribution in [2.24, 2.45) is 0 Å². The van der Waals surface area contributed by atoms with E-state index in [2.05, 4.69) is 37.4 Å². The summed E-state index contributed by atoms with van der Waals surface area (Å²) in [6, 6.07) is 7.56. The van der Waals surface area contributed by atoms with Crippen LogP contribution in [0.2, 0.25) is 0 Å². The summed E-state index contributed by atoms with van der Waals surface area (Å²) in [5.74, 6) is 0. The highest BCUT2D eigenvalue weighted by molar-refractivity contribution is 5.32. The molecule has 0 aromatic heterocycles. The number of nitrogens with one attached hydrogen (secondary N) is 1. The standard InChI is InChI=1S/C14H21N/c1-3-12-7-8-13(10-11(12)2)14-6-4-5-9-15-14/h7-8,10,14-15H,3-6,9H2,1-2H3. The Morgan fingerprint density at radius 2 is 2.20 bits per heavy atom. The van der Waals surface area contributed by atoms with E-state index >= 15 is 0 Å². The molecule has 0 saturated carbocycles. The second kappa shape index (κ2) is 4.80. The molecular weight excluding hydrogens is 182 g/mol. The van der Waals surface area contributed by atoms with Crippen LogP contribution in [0.1, 0.15) is 48.9 Å². The third-order valence-electron chi connectivity index (χ3n) is 3.46. The van der Waals surface area contributed by atoms with Crippen molar-refractivity contribution >= 4 is 0 Å². The average molecular weight is 203 g/mol.